The van der Waals surface area contributed by atoms with Gasteiger partial charge in [0.2, 0.25) is 0 Å². The number of nitrogens with zero attached hydrogens (tertiary/aromatic N) is 2. The molecular weight excluding hydrogens is 452 g/mol. The zero-order valence-electron chi connectivity index (χ0n) is 19.2. The van der Waals surface area contributed by atoms with Gasteiger partial charge in [0.25, 0.3) is 23.6 Å². The van der Waals surface area contributed by atoms with E-state index < -0.39 is 0 Å². The molecule has 0 spiro atoms. The smallest absolute Gasteiger partial charge is 0.261 e. The summed E-state index contributed by atoms with van der Waals surface area (Å²) >= 11 is 0. The fourth-order valence-electron chi connectivity index (χ4n) is 4.76. The molecule has 2 aliphatic rings. The predicted octanol–water partition coefficient (Wildman–Crippen LogP) is 4.95. The van der Waals surface area contributed by atoms with E-state index in [1.54, 1.807) is 36.4 Å². The second kappa shape index (κ2) is 8.43. The molecule has 174 valence electrons. The van der Waals surface area contributed by atoms with Crippen LogP contribution in [-0.4, -0.2) is 33.4 Å². The van der Waals surface area contributed by atoms with Crippen LogP contribution in [0, 0.1) is 0 Å². The number of hydrogen-bond acceptors (Lipinski definition) is 4. The first kappa shape index (κ1) is 21.7. The molecule has 0 atom stereocenters. The number of carbonyl (C=O) groups excluding carboxylic acids is 4. The van der Waals surface area contributed by atoms with Crippen LogP contribution >= 0.6 is 0 Å². The van der Waals surface area contributed by atoms with Crippen molar-refractivity contribution in [1.82, 2.24) is 9.80 Å². The monoisotopic (exact) mass is 472 g/mol. The Hall–Kier alpha value is -4.84. The zero-order chi connectivity index (χ0) is 24.8. The first-order valence-corrected chi connectivity index (χ1v) is 11.6. The van der Waals surface area contributed by atoms with Crippen LogP contribution in [0.2, 0.25) is 0 Å². The maximum atomic E-state index is 13.1. The zero-order valence-corrected chi connectivity index (χ0v) is 19.2. The van der Waals surface area contributed by atoms with E-state index in [1.165, 1.54) is 9.80 Å². The number of hydrogen-bond donors (Lipinski definition) is 0. The van der Waals surface area contributed by atoms with Crippen LogP contribution in [0.25, 0.3) is 11.1 Å². The summed E-state index contributed by atoms with van der Waals surface area (Å²) < 4.78 is 0. The summed E-state index contributed by atoms with van der Waals surface area (Å²) in [7, 11) is 0. The van der Waals surface area contributed by atoms with Gasteiger partial charge in [-0.05, 0) is 46.5 Å². The van der Waals surface area contributed by atoms with Gasteiger partial charge in [-0.15, -0.1) is 0 Å². The fourth-order valence-corrected chi connectivity index (χ4v) is 4.76. The van der Waals surface area contributed by atoms with Crippen molar-refractivity contribution in [3.8, 4) is 11.1 Å². The molecule has 6 rings (SSSR count). The third kappa shape index (κ3) is 3.51. The van der Waals surface area contributed by atoms with Gasteiger partial charge in [0.05, 0.1) is 35.3 Å². The Morgan fingerprint density at radius 2 is 0.778 bits per heavy atom. The SMILES string of the molecule is O=C1c2ccc(-c3ccc4c(c3)C(=O)N(Cc3ccccc3)C4=O)cc2C(=O)N1Cc1ccccc1. The van der Waals surface area contributed by atoms with E-state index >= 15 is 0 Å². The molecule has 0 saturated carbocycles. The molecule has 0 unspecified atom stereocenters. The molecule has 0 radical (unpaired) electrons. The Morgan fingerprint density at radius 1 is 0.417 bits per heavy atom. The van der Waals surface area contributed by atoms with E-state index in [2.05, 4.69) is 0 Å². The number of rotatable bonds is 5. The van der Waals surface area contributed by atoms with Crippen LogP contribution in [-0.2, 0) is 13.1 Å². The summed E-state index contributed by atoms with van der Waals surface area (Å²) in [4.78, 5) is 54.5. The van der Waals surface area contributed by atoms with E-state index in [-0.39, 0.29) is 36.7 Å². The topological polar surface area (TPSA) is 74.8 Å². The highest BCUT2D eigenvalue weighted by Crippen LogP contribution is 2.33. The molecule has 6 heteroatoms. The first-order chi connectivity index (χ1) is 17.5. The summed E-state index contributed by atoms with van der Waals surface area (Å²) in [6.07, 6.45) is 0. The van der Waals surface area contributed by atoms with E-state index in [0.29, 0.717) is 33.4 Å². The Labute approximate surface area is 207 Å². The summed E-state index contributed by atoms with van der Waals surface area (Å²) in [5, 5.41) is 0. The normalized spacial score (nSPS) is 14.4. The predicted molar refractivity (Wildman–Crippen MR) is 133 cm³/mol. The molecule has 4 aromatic rings. The molecule has 4 amide bonds. The Bertz CT molecular complexity index is 1440. The van der Waals surface area contributed by atoms with Crippen molar-refractivity contribution in [2.75, 3.05) is 0 Å². The van der Waals surface area contributed by atoms with E-state index in [1.807, 2.05) is 60.7 Å². The van der Waals surface area contributed by atoms with Crippen LogP contribution in [0.5, 0.6) is 0 Å². The molecule has 0 aliphatic carbocycles. The van der Waals surface area contributed by atoms with Crippen molar-refractivity contribution in [3.63, 3.8) is 0 Å². The lowest BCUT2D eigenvalue weighted by Gasteiger charge is -2.13. The molecule has 0 bridgehead atoms. The average molecular weight is 473 g/mol. The quantitative estimate of drug-likeness (QED) is 0.386. The minimum absolute atomic E-state index is 0.204. The number of imide groups is 2. The van der Waals surface area contributed by atoms with Gasteiger partial charge in [-0.3, -0.25) is 29.0 Å². The van der Waals surface area contributed by atoms with Gasteiger partial charge < -0.3 is 0 Å². The minimum atomic E-state index is -0.345. The van der Waals surface area contributed by atoms with Crippen molar-refractivity contribution in [2.45, 2.75) is 13.1 Å². The van der Waals surface area contributed by atoms with Crippen molar-refractivity contribution in [3.05, 3.63) is 130 Å². The molecule has 0 fully saturated rings. The number of carbonyl (C=O) groups is 4. The highest BCUT2D eigenvalue weighted by Gasteiger charge is 2.37. The summed E-state index contributed by atoms with van der Waals surface area (Å²) in [6, 6.07) is 28.9. The fraction of sp³-hybridized carbons (Fsp3) is 0.0667. The summed E-state index contributed by atoms with van der Waals surface area (Å²) in [5.41, 5.74) is 4.52. The Kier molecular flexibility index (Phi) is 5.08. The van der Waals surface area contributed by atoms with Crippen molar-refractivity contribution in [2.24, 2.45) is 0 Å². The van der Waals surface area contributed by atoms with Crippen molar-refractivity contribution >= 4 is 23.6 Å². The van der Waals surface area contributed by atoms with Gasteiger partial charge in [0.1, 0.15) is 0 Å². The van der Waals surface area contributed by atoms with Gasteiger partial charge >= 0.3 is 0 Å². The lowest BCUT2D eigenvalue weighted by atomic mass is 9.97. The van der Waals surface area contributed by atoms with Crippen LogP contribution in [0.3, 0.4) is 0 Å². The minimum Gasteiger partial charge on any atom is -0.270 e. The molecule has 6 nitrogen and oxygen atoms in total. The molecule has 4 aromatic carbocycles. The van der Waals surface area contributed by atoms with Crippen LogP contribution in [0.4, 0.5) is 0 Å². The number of amides is 4. The standard InChI is InChI=1S/C30H20N2O4/c33-27-23-13-11-21(15-25(23)29(35)31(27)17-19-7-3-1-4-8-19)22-12-14-24-26(16-22)30(36)32(28(24)34)18-20-9-5-2-6-10-20/h1-16H,17-18H2. The van der Waals surface area contributed by atoms with Gasteiger partial charge in [0, 0.05) is 0 Å². The van der Waals surface area contributed by atoms with Crippen molar-refractivity contribution < 1.29 is 19.2 Å². The molecule has 2 aliphatic heterocycles. The molecule has 0 aromatic heterocycles. The maximum absolute atomic E-state index is 13.1. The second-order valence-electron chi connectivity index (χ2n) is 8.88. The lowest BCUT2D eigenvalue weighted by Crippen LogP contribution is -2.29. The van der Waals surface area contributed by atoms with E-state index in [0.717, 1.165) is 11.1 Å². The highest BCUT2D eigenvalue weighted by atomic mass is 16.2. The van der Waals surface area contributed by atoms with E-state index in [4.69, 9.17) is 0 Å². The van der Waals surface area contributed by atoms with Gasteiger partial charge in [-0.25, -0.2) is 0 Å². The Morgan fingerprint density at radius 3 is 1.17 bits per heavy atom. The third-order valence-corrected chi connectivity index (χ3v) is 6.64. The van der Waals surface area contributed by atoms with Crippen molar-refractivity contribution in [1.29, 1.82) is 0 Å². The largest absolute Gasteiger partial charge is 0.270 e. The first-order valence-electron chi connectivity index (χ1n) is 11.6. The Balaban J connectivity index is 1.29. The lowest BCUT2D eigenvalue weighted by molar-refractivity contribution is 0.0627. The number of benzene rings is 4. The number of fused-ring (bicyclic) bond motifs is 2. The molecule has 2 heterocycles. The molecule has 0 N–H and O–H groups in total. The van der Waals surface area contributed by atoms with Crippen LogP contribution < -0.4 is 0 Å². The van der Waals surface area contributed by atoms with Crippen LogP contribution in [0.15, 0.2) is 97.1 Å². The van der Waals surface area contributed by atoms with Gasteiger partial charge in [-0.1, -0.05) is 72.8 Å². The van der Waals surface area contributed by atoms with Crippen LogP contribution in [0.1, 0.15) is 52.6 Å². The maximum Gasteiger partial charge on any atom is 0.261 e. The molecular formula is C30H20N2O4. The van der Waals surface area contributed by atoms with Gasteiger partial charge in [0.15, 0.2) is 0 Å². The third-order valence-electron chi connectivity index (χ3n) is 6.64. The summed E-state index contributed by atoms with van der Waals surface area (Å²) in [6.45, 7) is 0.407. The second-order valence-corrected chi connectivity index (χ2v) is 8.88. The van der Waals surface area contributed by atoms with E-state index in [9.17, 15) is 19.2 Å². The summed E-state index contributed by atoms with van der Waals surface area (Å²) in [5.74, 6) is -1.34. The highest BCUT2D eigenvalue weighted by molar-refractivity contribution is 6.23. The average Bonchev–Trinajstić information content (AvgIpc) is 3.29. The van der Waals surface area contributed by atoms with Gasteiger partial charge in [-0.2, -0.15) is 0 Å². The molecule has 36 heavy (non-hydrogen) atoms. The molecule has 0 saturated heterocycles.